The highest BCUT2D eigenvalue weighted by Crippen LogP contribution is 2.25. The Balaban J connectivity index is 2.49. The molecule has 0 unspecified atom stereocenters. The zero-order valence-corrected chi connectivity index (χ0v) is 11.9. The first kappa shape index (κ1) is 12.3. The molecule has 0 amide bonds. The molecule has 1 N–H and O–H groups in total. The molecule has 1 aromatic carbocycles. The molecule has 0 bridgehead atoms. The smallest absolute Gasteiger partial charge is 0.123 e. The largest absolute Gasteiger partial charge is 0.334 e. The topological polar surface area (TPSA) is 29.9 Å². The van der Waals surface area contributed by atoms with E-state index in [9.17, 15) is 0 Å². The van der Waals surface area contributed by atoms with Crippen molar-refractivity contribution in [2.24, 2.45) is 7.05 Å². The molecule has 0 saturated heterocycles. The fourth-order valence-electron chi connectivity index (χ4n) is 1.86. The molecule has 0 radical (unpaired) electrons. The van der Waals surface area contributed by atoms with Gasteiger partial charge in [0.05, 0.1) is 12.2 Å². The Hall–Kier alpha value is -1.13. The average molecular weight is 294 g/mol. The summed E-state index contributed by atoms with van der Waals surface area (Å²) >= 11 is 3.49. The molecular weight excluding hydrogens is 278 g/mol. The number of nitrogens with one attached hydrogen (secondary N) is 1. The van der Waals surface area contributed by atoms with Gasteiger partial charge in [0.2, 0.25) is 0 Å². The fraction of sp³-hybridized carbons (Fsp3) is 0.308. The maximum atomic E-state index is 4.69. The van der Waals surface area contributed by atoms with E-state index in [1.807, 2.05) is 19.2 Å². The van der Waals surface area contributed by atoms with Crippen LogP contribution in [0.25, 0.3) is 11.3 Å². The molecular formula is C13H16BrN3. The van der Waals surface area contributed by atoms with Gasteiger partial charge in [-0.25, -0.2) is 4.98 Å². The predicted molar refractivity (Wildman–Crippen MR) is 73.8 cm³/mol. The quantitative estimate of drug-likeness (QED) is 0.943. The van der Waals surface area contributed by atoms with Crippen molar-refractivity contribution in [3.05, 3.63) is 40.3 Å². The lowest BCUT2D eigenvalue weighted by molar-refractivity contribution is 0.701. The molecule has 0 fully saturated rings. The summed E-state index contributed by atoms with van der Waals surface area (Å²) in [6.07, 6.45) is 0. The second-order valence-electron chi connectivity index (χ2n) is 4.06. The summed E-state index contributed by atoms with van der Waals surface area (Å²) in [6, 6.07) is 8.24. The first-order valence-corrected chi connectivity index (χ1v) is 6.35. The minimum Gasteiger partial charge on any atom is -0.334 e. The number of hydrogen-bond acceptors (Lipinski definition) is 2. The van der Waals surface area contributed by atoms with Crippen molar-refractivity contribution in [1.29, 1.82) is 0 Å². The third-order valence-electron chi connectivity index (χ3n) is 2.91. The van der Waals surface area contributed by atoms with Crippen LogP contribution in [-0.2, 0) is 13.6 Å². The minimum absolute atomic E-state index is 0.783. The van der Waals surface area contributed by atoms with Crippen molar-refractivity contribution in [1.82, 2.24) is 14.9 Å². The average Bonchev–Trinajstić information content (AvgIpc) is 2.58. The molecule has 3 nitrogen and oxygen atoms in total. The van der Waals surface area contributed by atoms with Gasteiger partial charge in [-0.15, -0.1) is 0 Å². The Morgan fingerprint density at radius 2 is 2.18 bits per heavy atom. The molecule has 90 valence electrons. The lowest BCUT2D eigenvalue weighted by Gasteiger charge is -2.02. The van der Waals surface area contributed by atoms with Crippen LogP contribution in [0.5, 0.6) is 0 Å². The summed E-state index contributed by atoms with van der Waals surface area (Å²) in [5, 5.41) is 3.14. The van der Waals surface area contributed by atoms with Crippen LogP contribution in [0, 0.1) is 6.92 Å². The maximum absolute atomic E-state index is 4.69. The number of nitrogens with zero attached hydrogens (tertiary/aromatic N) is 2. The Kier molecular flexibility index (Phi) is 3.64. The van der Waals surface area contributed by atoms with Crippen LogP contribution >= 0.6 is 15.9 Å². The molecule has 0 aliphatic rings. The standard InChI is InChI=1S/C13H16BrN3/c1-9-13(10-5-4-6-11(14)7-10)16-12(8-15-2)17(9)3/h4-7,15H,8H2,1-3H3. The van der Waals surface area contributed by atoms with Gasteiger partial charge in [0.25, 0.3) is 0 Å². The molecule has 2 rings (SSSR count). The number of rotatable bonds is 3. The summed E-state index contributed by atoms with van der Waals surface area (Å²) in [5.41, 5.74) is 3.39. The van der Waals surface area contributed by atoms with Gasteiger partial charge < -0.3 is 9.88 Å². The predicted octanol–water partition coefficient (Wildman–Crippen LogP) is 2.88. The Morgan fingerprint density at radius 1 is 1.41 bits per heavy atom. The van der Waals surface area contributed by atoms with Crippen LogP contribution < -0.4 is 5.32 Å². The van der Waals surface area contributed by atoms with Crippen molar-refractivity contribution < 1.29 is 0 Å². The molecule has 0 aliphatic heterocycles. The van der Waals surface area contributed by atoms with E-state index >= 15 is 0 Å². The van der Waals surface area contributed by atoms with Crippen molar-refractivity contribution >= 4 is 15.9 Å². The molecule has 1 heterocycles. The van der Waals surface area contributed by atoms with Crippen molar-refractivity contribution in [3.63, 3.8) is 0 Å². The van der Waals surface area contributed by atoms with Gasteiger partial charge in [-0.1, -0.05) is 28.1 Å². The van der Waals surface area contributed by atoms with Gasteiger partial charge in [-0.3, -0.25) is 0 Å². The second kappa shape index (κ2) is 5.02. The fourth-order valence-corrected chi connectivity index (χ4v) is 2.26. The highest BCUT2D eigenvalue weighted by Gasteiger charge is 2.12. The summed E-state index contributed by atoms with van der Waals surface area (Å²) in [6.45, 7) is 2.88. The minimum atomic E-state index is 0.783. The molecule has 17 heavy (non-hydrogen) atoms. The summed E-state index contributed by atoms with van der Waals surface area (Å²) < 4.78 is 3.21. The normalized spacial score (nSPS) is 10.8. The highest BCUT2D eigenvalue weighted by molar-refractivity contribution is 9.10. The van der Waals surface area contributed by atoms with Crippen molar-refractivity contribution in [2.45, 2.75) is 13.5 Å². The van der Waals surface area contributed by atoms with Crippen LogP contribution in [-0.4, -0.2) is 16.6 Å². The third-order valence-corrected chi connectivity index (χ3v) is 3.40. The van der Waals surface area contributed by atoms with E-state index < -0.39 is 0 Å². The molecule has 2 aromatic rings. The van der Waals surface area contributed by atoms with Gasteiger partial charge in [0.15, 0.2) is 0 Å². The number of hydrogen-bond donors (Lipinski definition) is 1. The van der Waals surface area contributed by atoms with E-state index in [1.54, 1.807) is 0 Å². The lowest BCUT2D eigenvalue weighted by Crippen LogP contribution is -2.10. The van der Waals surface area contributed by atoms with Gasteiger partial charge >= 0.3 is 0 Å². The number of imidazole rings is 1. The van der Waals surface area contributed by atoms with Gasteiger partial charge in [-0.2, -0.15) is 0 Å². The van der Waals surface area contributed by atoms with E-state index in [2.05, 4.69) is 51.9 Å². The molecule has 0 atom stereocenters. The third kappa shape index (κ3) is 2.42. The molecule has 1 aromatic heterocycles. The Labute approximate surface area is 110 Å². The zero-order chi connectivity index (χ0) is 12.4. The number of aromatic nitrogens is 2. The first-order valence-electron chi connectivity index (χ1n) is 5.56. The van der Waals surface area contributed by atoms with Gasteiger partial charge in [0.1, 0.15) is 5.82 Å². The first-order chi connectivity index (χ1) is 8.13. The van der Waals surface area contributed by atoms with Gasteiger partial charge in [0, 0.05) is 22.8 Å². The van der Waals surface area contributed by atoms with Crippen molar-refractivity contribution in [3.8, 4) is 11.3 Å². The van der Waals surface area contributed by atoms with Gasteiger partial charge in [-0.05, 0) is 26.1 Å². The molecule has 4 heteroatoms. The number of benzene rings is 1. The summed E-state index contributed by atoms with van der Waals surface area (Å²) in [4.78, 5) is 4.69. The van der Waals surface area contributed by atoms with Crippen LogP contribution in [0.2, 0.25) is 0 Å². The highest BCUT2D eigenvalue weighted by atomic mass is 79.9. The molecule has 0 saturated carbocycles. The Morgan fingerprint density at radius 3 is 2.82 bits per heavy atom. The van der Waals surface area contributed by atoms with E-state index in [1.165, 1.54) is 5.69 Å². The second-order valence-corrected chi connectivity index (χ2v) is 4.98. The molecule has 0 spiro atoms. The summed E-state index contributed by atoms with van der Waals surface area (Å²) in [7, 11) is 3.99. The van der Waals surface area contributed by atoms with E-state index in [-0.39, 0.29) is 0 Å². The monoisotopic (exact) mass is 293 g/mol. The zero-order valence-electron chi connectivity index (χ0n) is 10.3. The van der Waals surface area contributed by atoms with E-state index in [0.29, 0.717) is 0 Å². The summed E-state index contributed by atoms with van der Waals surface area (Å²) in [5.74, 6) is 1.06. The van der Waals surface area contributed by atoms with Crippen LogP contribution in [0.4, 0.5) is 0 Å². The lowest BCUT2D eigenvalue weighted by atomic mass is 10.1. The number of halogens is 1. The maximum Gasteiger partial charge on any atom is 0.123 e. The SMILES string of the molecule is CNCc1nc(-c2cccc(Br)c2)c(C)n1C. The molecule has 0 aliphatic carbocycles. The van der Waals surface area contributed by atoms with E-state index in [0.717, 1.165) is 28.1 Å². The van der Waals surface area contributed by atoms with Crippen LogP contribution in [0.15, 0.2) is 28.7 Å². The van der Waals surface area contributed by atoms with Crippen LogP contribution in [0.1, 0.15) is 11.5 Å². The van der Waals surface area contributed by atoms with Crippen LogP contribution in [0.3, 0.4) is 0 Å². The van der Waals surface area contributed by atoms with Crippen molar-refractivity contribution in [2.75, 3.05) is 7.05 Å². The van der Waals surface area contributed by atoms with E-state index in [4.69, 9.17) is 4.98 Å². The Bertz CT molecular complexity index is 531.